The van der Waals surface area contributed by atoms with Gasteiger partial charge < -0.3 is 10.6 Å². The maximum atomic E-state index is 4.40. The van der Waals surface area contributed by atoms with Crippen molar-refractivity contribution in [1.82, 2.24) is 9.97 Å². The fourth-order valence-electron chi connectivity index (χ4n) is 2.28. The maximum Gasteiger partial charge on any atom is 0.134 e. The highest BCUT2D eigenvalue weighted by Gasteiger charge is 2.16. The van der Waals surface area contributed by atoms with Crippen molar-refractivity contribution in [2.45, 2.75) is 37.9 Å². The van der Waals surface area contributed by atoms with E-state index in [0.29, 0.717) is 0 Å². The predicted molar refractivity (Wildman–Crippen MR) is 79.5 cm³/mol. The first kappa shape index (κ1) is 13.5. The molecule has 2 heterocycles. The Morgan fingerprint density at radius 3 is 2.89 bits per heavy atom. The van der Waals surface area contributed by atoms with Crippen molar-refractivity contribution in [3.63, 3.8) is 0 Å². The van der Waals surface area contributed by atoms with Gasteiger partial charge in [0, 0.05) is 24.4 Å². The van der Waals surface area contributed by atoms with Gasteiger partial charge in [0.25, 0.3) is 0 Å². The molecule has 1 unspecified atom stereocenters. The Hall–Kier alpha value is -0.970. The summed E-state index contributed by atoms with van der Waals surface area (Å²) >= 11 is 2.07. The van der Waals surface area contributed by atoms with E-state index in [9.17, 15) is 0 Å². The van der Waals surface area contributed by atoms with Gasteiger partial charge in [-0.1, -0.05) is 13.3 Å². The lowest BCUT2D eigenvalue weighted by Gasteiger charge is -2.15. The van der Waals surface area contributed by atoms with Crippen molar-refractivity contribution >= 4 is 23.4 Å². The second-order valence-corrected chi connectivity index (χ2v) is 5.97. The third-order valence-electron chi connectivity index (χ3n) is 3.20. The van der Waals surface area contributed by atoms with Crippen molar-refractivity contribution in [2.24, 2.45) is 0 Å². The molecule has 5 heteroatoms. The molecular formula is C13H22N4S. The van der Waals surface area contributed by atoms with Gasteiger partial charge in [-0.15, -0.1) is 0 Å². The van der Waals surface area contributed by atoms with Gasteiger partial charge >= 0.3 is 0 Å². The molecule has 0 aliphatic carbocycles. The van der Waals surface area contributed by atoms with E-state index in [1.165, 1.54) is 24.2 Å². The summed E-state index contributed by atoms with van der Waals surface area (Å²) in [5, 5.41) is 7.40. The van der Waals surface area contributed by atoms with Crippen LogP contribution in [0.4, 0.5) is 11.6 Å². The molecule has 4 nitrogen and oxygen atoms in total. The van der Waals surface area contributed by atoms with E-state index in [2.05, 4.69) is 39.3 Å². The number of nitrogens with one attached hydrogen (secondary N) is 2. The Balaban J connectivity index is 2.05. The van der Waals surface area contributed by atoms with Crippen LogP contribution in [0.5, 0.6) is 0 Å². The lowest BCUT2D eigenvalue weighted by atomic mass is 10.1. The number of hydrogen-bond donors (Lipinski definition) is 2. The minimum Gasteiger partial charge on any atom is -0.373 e. The second-order valence-electron chi connectivity index (χ2n) is 4.57. The summed E-state index contributed by atoms with van der Waals surface area (Å²) in [6.07, 6.45) is 6.43. The summed E-state index contributed by atoms with van der Waals surface area (Å²) in [5.41, 5.74) is 1.21. The molecule has 0 bridgehead atoms. The zero-order chi connectivity index (χ0) is 12.8. The van der Waals surface area contributed by atoms with Crippen LogP contribution in [0, 0.1) is 0 Å². The minimum absolute atomic E-state index is 0.743. The molecule has 1 aromatic heterocycles. The van der Waals surface area contributed by atoms with Crippen LogP contribution in [0.2, 0.25) is 0 Å². The van der Waals surface area contributed by atoms with E-state index in [4.69, 9.17) is 0 Å². The van der Waals surface area contributed by atoms with Crippen LogP contribution in [0.3, 0.4) is 0 Å². The summed E-state index contributed by atoms with van der Waals surface area (Å²) in [6, 6.07) is 0. The Labute approximate surface area is 113 Å². The summed E-state index contributed by atoms with van der Waals surface area (Å²) in [4.78, 5) is 8.68. The van der Waals surface area contributed by atoms with Crippen LogP contribution in [0.1, 0.15) is 31.7 Å². The standard InChI is InChI=1S/C13H22N4S/c1-3-5-11-12(14-2)16-9-17-13(11)15-8-10-6-4-7-18-10/h9-10H,3-8H2,1-2H3,(H2,14,15,16,17). The number of thioether (sulfide) groups is 1. The van der Waals surface area contributed by atoms with Crippen LogP contribution >= 0.6 is 11.8 Å². The molecule has 2 N–H and O–H groups in total. The Kier molecular flexibility index (Phi) is 5.11. The molecule has 0 radical (unpaired) electrons. The number of anilines is 2. The van der Waals surface area contributed by atoms with Crippen molar-refractivity contribution in [3.05, 3.63) is 11.9 Å². The Morgan fingerprint density at radius 1 is 1.39 bits per heavy atom. The van der Waals surface area contributed by atoms with E-state index in [-0.39, 0.29) is 0 Å². The molecule has 0 spiro atoms. The normalized spacial score (nSPS) is 18.9. The molecule has 18 heavy (non-hydrogen) atoms. The molecule has 1 aliphatic rings. The first-order chi connectivity index (χ1) is 8.85. The second kappa shape index (κ2) is 6.83. The summed E-state index contributed by atoms with van der Waals surface area (Å²) in [6.45, 7) is 3.20. The van der Waals surface area contributed by atoms with Crippen molar-refractivity contribution in [1.29, 1.82) is 0 Å². The maximum absolute atomic E-state index is 4.40. The topological polar surface area (TPSA) is 49.8 Å². The predicted octanol–water partition coefficient (Wildman–Crippen LogP) is 2.78. The molecule has 0 amide bonds. The SMILES string of the molecule is CCCc1c(NC)ncnc1NCC1CCCS1. The quantitative estimate of drug-likeness (QED) is 0.829. The molecule has 0 saturated carbocycles. The highest BCUT2D eigenvalue weighted by molar-refractivity contribution is 8.00. The lowest BCUT2D eigenvalue weighted by Crippen LogP contribution is -2.16. The van der Waals surface area contributed by atoms with Crippen LogP contribution < -0.4 is 10.6 Å². The summed E-state index contributed by atoms with van der Waals surface area (Å²) < 4.78 is 0. The van der Waals surface area contributed by atoms with E-state index in [1.807, 2.05) is 7.05 Å². The number of hydrogen-bond acceptors (Lipinski definition) is 5. The van der Waals surface area contributed by atoms with Gasteiger partial charge in [0.05, 0.1) is 0 Å². The highest BCUT2D eigenvalue weighted by atomic mass is 32.2. The molecule has 1 fully saturated rings. The molecule has 2 rings (SSSR count). The number of aromatic nitrogens is 2. The largest absolute Gasteiger partial charge is 0.373 e. The fraction of sp³-hybridized carbons (Fsp3) is 0.692. The van der Waals surface area contributed by atoms with Gasteiger partial charge in [-0.05, 0) is 25.0 Å². The lowest BCUT2D eigenvalue weighted by molar-refractivity contribution is 0.800. The fourth-order valence-corrected chi connectivity index (χ4v) is 3.48. The smallest absolute Gasteiger partial charge is 0.134 e. The van der Waals surface area contributed by atoms with E-state index in [1.54, 1.807) is 6.33 Å². The van der Waals surface area contributed by atoms with E-state index >= 15 is 0 Å². The van der Waals surface area contributed by atoms with Crippen LogP contribution in [0.15, 0.2) is 6.33 Å². The average molecular weight is 266 g/mol. The molecule has 100 valence electrons. The average Bonchev–Trinajstić information content (AvgIpc) is 2.91. The summed E-state index contributed by atoms with van der Waals surface area (Å²) in [5.74, 6) is 3.26. The van der Waals surface area contributed by atoms with Crippen LogP contribution in [-0.2, 0) is 6.42 Å². The van der Waals surface area contributed by atoms with Gasteiger partial charge in [0.1, 0.15) is 18.0 Å². The first-order valence-electron chi connectivity index (χ1n) is 6.72. The van der Waals surface area contributed by atoms with Gasteiger partial charge in [0.2, 0.25) is 0 Å². The Morgan fingerprint density at radius 2 is 2.22 bits per heavy atom. The molecule has 1 aliphatic heterocycles. The van der Waals surface area contributed by atoms with E-state index in [0.717, 1.165) is 36.3 Å². The third kappa shape index (κ3) is 3.28. The highest BCUT2D eigenvalue weighted by Crippen LogP contribution is 2.27. The van der Waals surface area contributed by atoms with Gasteiger partial charge in [0.15, 0.2) is 0 Å². The van der Waals surface area contributed by atoms with Gasteiger partial charge in [-0.25, -0.2) is 9.97 Å². The van der Waals surface area contributed by atoms with Crippen LogP contribution in [-0.4, -0.2) is 34.6 Å². The zero-order valence-electron chi connectivity index (χ0n) is 11.2. The number of rotatable bonds is 6. The number of nitrogens with zero attached hydrogens (tertiary/aromatic N) is 2. The Bertz CT molecular complexity index is 377. The van der Waals surface area contributed by atoms with Gasteiger partial charge in [-0.2, -0.15) is 11.8 Å². The van der Waals surface area contributed by atoms with Crippen LogP contribution in [0.25, 0.3) is 0 Å². The first-order valence-corrected chi connectivity index (χ1v) is 7.77. The third-order valence-corrected chi connectivity index (χ3v) is 4.60. The molecule has 1 aromatic rings. The monoisotopic (exact) mass is 266 g/mol. The summed E-state index contributed by atoms with van der Waals surface area (Å²) in [7, 11) is 1.91. The minimum atomic E-state index is 0.743. The molecule has 1 atom stereocenters. The molecule has 1 saturated heterocycles. The molecular weight excluding hydrogens is 244 g/mol. The van der Waals surface area contributed by atoms with Crippen molar-refractivity contribution < 1.29 is 0 Å². The van der Waals surface area contributed by atoms with Crippen molar-refractivity contribution in [2.75, 3.05) is 30.0 Å². The molecule has 0 aromatic carbocycles. The van der Waals surface area contributed by atoms with E-state index < -0.39 is 0 Å². The van der Waals surface area contributed by atoms with Gasteiger partial charge in [-0.3, -0.25) is 0 Å². The zero-order valence-corrected chi connectivity index (χ0v) is 12.0. The van der Waals surface area contributed by atoms with Crippen molar-refractivity contribution in [3.8, 4) is 0 Å².